The third kappa shape index (κ3) is 4.22. The smallest absolute Gasteiger partial charge is 0.419 e. The third-order valence-electron chi connectivity index (χ3n) is 4.74. The monoisotopic (exact) mass is 381 g/mol. The summed E-state index contributed by atoms with van der Waals surface area (Å²) in [6.45, 7) is 3.84. The molecule has 0 N–H and O–H groups in total. The standard InChI is InChI=1S/C22H23NO5/c1-3-15-9-10-16(4-2)17(13-15)19(24)14-27-21(25)11-12-23-18-7-5-6-8-20(18)28-22(23)26/h5-10,13H,3-4,11-12,14H2,1-2H3. The molecule has 1 heterocycles. The first-order valence-corrected chi connectivity index (χ1v) is 9.42. The molecule has 0 radical (unpaired) electrons. The fraction of sp³-hybridized carbons (Fsp3) is 0.318. The quantitative estimate of drug-likeness (QED) is 0.441. The highest BCUT2D eigenvalue weighted by Gasteiger charge is 2.15. The van der Waals surface area contributed by atoms with E-state index < -0.39 is 11.7 Å². The molecular formula is C22H23NO5. The van der Waals surface area contributed by atoms with Gasteiger partial charge in [-0.25, -0.2) is 4.79 Å². The number of hydrogen-bond donors (Lipinski definition) is 0. The Morgan fingerprint density at radius 2 is 1.86 bits per heavy atom. The van der Waals surface area contributed by atoms with Gasteiger partial charge in [0.15, 0.2) is 12.2 Å². The summed E-state index contributed by atoms with van der Waals surface area (Å²) in [5.74, 6) is -1.27. The molecule has 0 unspecified atom stereocenters. The minimum atomic E-state index is -0.532. The maximum Gasteiger partial charge on any atom is 0.419 e. The number of ether oxygens (including phenoxy) is 1. The van der Waals surface area contributed by atoms with E-state index in [1.54, 1.807) is 24.3 Å². The normalized spacial score (nSPS) is 10.9. The summed E-state index contributed by atoms with van der Waals surface area (Å²) in [6, 6.07) is 12.8. The van der Waals surface area contributed by atoms with Crippen molar-refractivity contribution in [3.8, 4) is 0 Å². The zero-order valence-corrected chi connectivity index (χ0v) is 16.1. The molecule has 2 aromatic carbocycles. The molecular weight excluding hydrogens is 358 g/mol. The van der Waals surface area contributed by atoms with Crippen LogP contribution in [0.15, 0.2) is 51.7 Å². The molecule has 0 saturated heterocycles. The van der Waals surface area contributed by atoms with Gasteiger partial charge in [-0.05, 0) is 42.2 Å². The lowest BCUT2D eigenvalue weighted by Crippen LogP contribution is -2.20. The predicted molar refractivity (Wildman–Crippen MR) is 106 cm³/mol. The van der Waals surface area contributed by atoms with E-state index in [4.69, 9.17) is 9.15 Å². The SMILES string of the molecule is CCc1ccc(CC)c(C(=O)COC(=O)CCn2c(=O)oc3ccccc32)c1. The number of Topliss-reactive ketones (excluding diaryl/α,β-unsaturated/α-hetero) is 1. The van der Waals surface area contributed by atoms with Crippen molar-refractivity contribution in [1.82, 2.24) is 4.57 Å². The molecule has 0 aliphatic heterocycles. The number of para-hydroxylation sites is 2. The Balaban J connectivity index is 1.61. The number of hydrogen-bond acceptors (Lipinski definition) is 5. The number of fused-ring (bicyclic) bond motifs is 1. The van der Waals surface area contributed by atoms with Crippen LogP contribution in [-0.2, 0) is 28.9 Å². The van der Waals surface area contributed by atoms with Crippen LogP contribution in [0.3, 0.4) is 0 Å². The summed E-state index contributed by atoms with van der Waals surface area (Å²) in [6.07, 6.45) is 1.54. The van der Waals surface area contributed by atoms with Crippen molar-refractivity contribution in [3.63, 3.8) is 0 Å². The molecule has 0 atom stereocenters. The van der Waals surface area contributed by atoms with E-state index in [0.29, 0.717) is 16.7 Å². The van der Waals surface area contributed by atoms with Crippen LogP contribution in [0.2, 0.25) is 0 Å². The van der Waals surface area contributed by atoms with Crippen LogP contribution in [0.1, 0.15) is 41.8 Å². The Morgan fingerprint density at radius 1 is 1.07 bits per heavy atom. The fourth-order valence-electron chi connectivity index (χ4n) is 3.14. The first-order chi connectivity index (χ1) is 13.5. The van der Waals surface area contributed by atoms with E-state index in [1.807, 2.05) is 32.0 Å². The van der Waals surface area contributed by atoms with E-state index in [1.165, 1.54) is 4.57 Å². The molecule has 146 valence electrons. The van der Waals surface area contributed by atoms with Crippen molar-refractivity contribution < 1.29 is 18.7 Å². The molecule has 6 nitrogen and oxygen atoms in total. The first-order valence-electron chi connectivity index (χ1n) is 9.42. The van der Waals surface area contributed by atoms with Gasteiger partial charge in [-0.1, -0.05) is 38.1 Å². The first kappa shape index (κ1) is 19.6. The van der Waals surface area contributed by atoms with E-state index >= 15 is 0 Å². The highest BCUT2D eigenvalue weighted by Crippen LogP contribution is 2.15. The molecule has 6 heteroatoms. The summed E-state index contributed by atoms with van der Waals surface area (Å²) >= 11 is 0. The number of aryl methyl sites for hydroxylation is 3. The van der Waals surface area contributed by atoms with Crippen molar-refractivity contribution in [3.05, 3.63) is 69.7 Å². The second kappa shape index (κ2) is 8.69. The van der Waals surface area contributed by atoms with Crippen LogP contribution in [0.25, 0.3) is 11.1 Å². The van der Waals surface area contributed by atoms with Gasteiger partial charge < -0.3 is 9.15 Å². The van der Waals surface area contributed by atoms with Gasteiger partial charge in [0.2, 0.25) is 5.78 Å². The minimum Gasteiger partial charge on any atom is -0.457 e. The van der Waals surface area contributed by atoms with Gasteiger partial charge in [-0.3, -0.25) is 14.2 Å². The molecule has 0 aliphatic rings. The van der Waals surface area contributed by atoms with Gasteiger partial charge in [-0.15, -0.1) is 0 Å². The fourth-order valence-corrected chi connectivity index (χ4v) is 3.14. The minimum absolute atomic E-state index is 0.0215. The van der Waals surface area contributed by atoms with Crippen molar-refractivity contribution in [2.75, 3.05) is 6.61 Å². The average Bonchev–Trinajstić information content (AvgIpc) is 3.04. The third-order valence-corrected chi connectivity index (χ3v) is 4.74. The maximum absolute atomic E-state index is 12.5. The van der Waals surface area contributed by atoms with Crippen LogP contribution in [0, 0.1) is 0 Å². The molecule has 0 fully saturated rings. The molecule has 0 spiro atoms. The molecule has 0 amide bonds. The van der Waals surface area contributed by atoms with Crippen LogP contribution in [-0.4, -0.2) is 22.9 Å². The summed E-state index contributed by atoms with van der Waals surface area (Å²) in [7, 11) is 0. The van der Waals surface area contributed by atoms with Gasteiger partial charge in [0, 0.05) is 12.1 Å². The molecule has 28 heavy (non-hydrogen) atoms. The Kier molecular flexibility index (Phi) is 6.09. The second-order valence-corrected chi connectivity index (χ2v) is 6.52. The molecule has 0 aliphatic carbocycles. The largest absolute Gasteiger partial charge is 0.457 e. The van der Waals surface area contributed by atoms with Crippen molar-refractivity contribution in [2.24, 2.45) is 0 Å². The number of carbonyl (C=O) groups excluding carboxylic acids is 2. The molecule has 0 bridgehead atoms. The Bertz CT molecular complexity index is 1060. The van der Waals surface area contributed by atoms with E-state index in [9.17, 15) is 14.4 Å². The van der Waals surface area contributed by atoms with Crippen LogP contribution >= 0.6 is 0 Å². The number of nitrogens with zero attached hydrogens (tertiary/aromatic N) is 1. The number of oxazole rings is 1. The summed E-state index contributed by atoms with van der Waals surface area (Å²) in [4.78, 5) is 36.5. The van der Waals surface area contributed by atoms with Crippen molar-refractivity contribution in [1.29, 1.82) is 0 Å². The van der Waals surface area contributed by atoms with E-state index in [2.05, 4.69) is 0 Å². The number of esters is 1. The number of carbonyl (C=O) groups is 2. The Morgan fingerprint density at radius 3 is 2.61 bits per heavy atom. The average molecular weight is 381 g/mol. The van der Waals surface area contributed by atoms with Crippen molar-refractivity contribution >= 4 is 22.9 Å². The number of aromatic nitrogens is 1. The number of benzene rings is 2. The topological polar surface area (TPSA) is 78.5 Å². The highest BCUT2D eigenvalue weighted by atomic mass is 16.5. The molecule has 3 rings (SSSR count). The van der Waals surface area contributed by atoms with Gasteiger partial charge in [0.25, 0.3) is 0 Å². The second-order valence-electron chi connectivity index (χ2n) is 6.52. The highest BCUT2D eigenvalue weighted by molar-refractivity contribution is 5.99. The Hall–Kier alpha value is -3.15. The summed E-state index contributed by atoms with van der Waals surface area (Å²) < 4.78 is 11.7. The van der Waals surface area contributed by atoms with Crippen LogP contribution in [0.4, 0.5) is 0 Å². The predicted octanol–water partition coefficient (Wildman–Crippen LogP) is 3.54. The summed E-state index contributed by atoms with van der Waals surface area (Å²) in [5, 5.41) is 0. The maximum atomic E-state index is 12.5. The van der Waals surface area contributed by atoms with Gasteiger partial charge in [-0.2, -0.15) is 0 Å². The number of ketones is 1. The zero-order chi connectivity index (χ0) is 20.1. The van der Waals surface area contributed by atoms with Gasteiger partial charge in [0.05, 0.1) is 11.9 Å². The summed E-state index contributed by atoms with van der Waals surface area (Å²) in [5.41, 5.74) is 3.71. The molecule has 1 aromatic heterocycles. The van der Waals surface area contributed by atoms with Crippen LogP contribution < -0.4 is 5.76 Å². The lowest BCUT2D eigenvalue weighted by molar-refractivity contribution is -0.142. The van der Waals surface area contributed by atoms with Crippen LogP contribution in [0.5, 0.6) is 0 Å². The van der Waals surface area contributed by atoms with Gasteiger partial charge >= 0.3 is 11.7 Å². The zero-order valence-electron chi connectivity index (χ0n) is 16.1. The Labute approximate surface area is 162 Å². The molecule has 0 saturated carbocycles. The van der Waals surface area contributed by atoms with Gasteiger partial charge in [0.1, 0.15) is 0 Å². The molecule has 3 aromatic rings. The number of rotatable bonds is 8. The van der Waals surface area contributed by atoms with Crippen molar-refractivity contribution in [2.45, 2.75) is 39.7 Å². The lowest BCUT2D eigenvalue weighted by Gasteiger charge is -2.10. The lowest BCUT2D eigenvalue weighted by atomic mass is 9.98. The van der Waals surface area contributed by atoms with E-state index in [-0.39, 0.29) is 25.4 Å². The van der Waals surface area contributed by atoms with E-state index in [0.717, 1.165) is 24.0 Å².